The van der Waals surface area contributed by atoms with Gasteiger partial charge in [-0.3, -0.25) is 9.48 Å². The summed E-state index contributed by atoms with van der Waals surface area (Å²) in [5, 5.41) is 7.94. The maximum absolute atomic E-state index is 12.3. The summed E-state index contributed by atoms with van der Waals surface area (Å²) < 4.78 is 1.72. The molecule has 0 bridgehead atoms. The van der Waals surface area contributed by atoms with Gasteiger partial charge in [0.2, 0.25) is 0 Å². The quantitative estimate of drug-likeness (QED) is 0.882. The molecule has 19 heavy (non-hydrogen) atoms. The summed E-state index contributed by atoms with van der Waals surface area (Å²) in [5.74, 6) is -0.116. The topological polar surface area (TPSA) is 46.9 Å². The molecule has 0 aliphatic carbocycles. The number of rotatable bonds is 3. The standard InChI is InChI=1S/C14H16BrN3O/c1-9-13(10(2)18(3)17-9)14(19)16-12-6-4-5-11(7-12)8-15/h4-7H,8H2,1-3H3,(H,16,19). The first-order valence-electron chi connectivity index (χ1n) is 5.99. The van der Waals surface area contributed by atoms with E-state index in [1.165, 1.54) is 0 Å². The van der Waals surface area contributed by atoms with Gasteiger partial charge >= 0.3 is 0 Å². The van der Waals surface area contributed by atoms with Gasteiger partial charge in [0.05, 0.1) is 11.3 Å². The summed E-state index contributed by atoms with van der Waals surface area (Å²) in [6, 6.07) is 7.76. The van der Waals surface area contributed by atoms with Gasteiger partial charge in [-0.25, -0.2) is 0 Å². The molecule has 0 saturated carbocycles. The summed E-state index contributed by atoms with van der Waals surface area (Å²) in [5.41, 5.74) is 4.18. The first-order chi connectivity index (χ1) is 9.02. The first kappa shape index (κ1) is 13.8. The summed E-state index contributed by atoms with van der Waals surface area (Å²) >= 11 is 3.40. The number of hydrogen-bond donors (Lipinski definition) is 1. The van der Waals surface area contributed by atoms with Crippen molar-refractivity contribution in [3.05, 3.63) is 46.8 Å². The Morgan fingerprint density at radius 3 is 2.74 bits per heavy atom. The molecule has 1 amide bonds. The molecule has 0 saturated heterocycles. The van der Waals surface area contributed by atoms with E-state index in [1.807, 2.05) is 45.2 Å². The lowest BCUT2D eigenvalue weighted by Gasteiger charge is -2.07. The Labute approximate surface area is 120 Å². The number of anilines is 1. The Morgan fingerprint density at radius 1 is 1.42 bits per heavy atom. The molecule has 0 radical (unpaired) electrons. The second kappa shape index (κ2) is 5.57. The van der Waals surface area contributed by atoms with Crippen molar-refractivity contribution in [1.29, 1.82) is 0 Å². The predicted octanol–water partition coefficient (Wildman–Crippen LogP) is 3.18. The number of carbonyl (C=O) groups is 1. The third kappa shape index (κ3) is 2.87. The van der Waals surface area contributed by atoms with Crippen molar-refractivity contribution in [2.75, 3.05) is 5.32 Å². The predicted molar refractivity (Wildman–Crippen MR) is 79.7 cm³/mol. The summed E-state index contributed by atoms with van der Waals surface area (Å²) in [6.45, 7) is 3.74. The molecule has 0 unspecified atom stereocenters. The number of carbonyl (C=O) groups excluding carboxylic acids is 1. The second-order valence-electron chi connectivity index (χ2n) is 4.46. The minimum absolute atomic E-state index is 0.116. The molecule has 0 aliphatic rings. The van der Waals surface area contributed by atoms with Crippen molar-refractivity contribution in [2.45, 2.75) is 19.2 Å². The number of aromatic nitrogens is 2. The minimum atomic E-state index is -0.116. The van der Waals surface area contributed by atoms with Gasteiger partial charge in [-0.15, -0.1) is 0 Å². The normalized spacial score (nSPS) is 10.5. The molecule has 2 rings (SSSR count). The highest BCUT2D eigenvalue weighted by atomic mass is 79.9. The number of alkyl halides is 1. The minimum Gasteiger partial charge on any atom is -0.322 e. The van der Waals surface area contributed by atoms with Crippen molar-refractivity contribution in [1.82, 2.24) is 9.78 Å². The van der Waals surface area contributed by atoms with Crippen LogP contribution in [0.3, 0.4) is 0 Å². The van der Waals surface area contributed by atoms with Crippen LogP contribution in [0.25, 0.3) is 0 Å². The van der Waals surface area contributed by atoms with Crippen LogP contribution >= 0.6 is 15.9 Å². The molecule has 1 heterocycles. The van der Waals surface area contributed by atoms with Crippen LogP contribution < -0.4 is 5.32 Å². The Bertz CT molecular complexity index is 619. The van der Waals surface area contributed by atoms with Gasteiger partial charge in [-0.05, 0) is 31.5 Å². The van der Waals surface area contributed by atoms with Crippen LogP contribution in [0.2, 0.25) is 0 Å². The van der Waals surface area contributed by atoms with E-state index in [1.54, 1.807) is 4.68 Å². The zero-order valence-corrected chi connectivity index (χ0v) is 12.8. The Hall–Kier alpha value is -1.62. The molecule has 5 heteroatoms. The number of amides is 1. The fourth-order valence-electron chi connectivity index (χ4n) is 2.03. The highest BCUT2D eigenvalue weighted by Gasteiger charge is 2.17. The van der Waals surface area contributed by atoms with Gasteiger partial charge in [0.25, 0.3) is 5.91 Å². The first-order valence-corrected chi connectivity index (χ1v) is 7.11. The van der Waals surface area contributed by atoms with E-state index in [9.17, 15) is 4.79 Å². The number of nitrogens with zero attached hydrogens (tertiary/aromatic N) is 2. The van der Waals surface area contributed by atoms with Gasteiger partial charge in [-0.1, -0.05) is 28.1 Å². The van der Waals surface area contributed by atoms with Gasteiger partial charge in [0.15, 0.2) is 0 Å². The molecular weight excluding hydrogens is 306 g/mol. The van der Waals surface area contributed by atoms with E-state index in [0.29, 0.717) is 5.56 Å². The van der Waals surface area contributed by atoms with E-state index in [-0.39, 0.29) is 5.91 Å². The summed E-state index contributed by atoms with van der Waals surface area (Å²) in [4.78, 5) is 12.3. The number of halogens is 1. The lowest BCUT2D eigenvalue weighted by molar-refractivity contribution is 0.102. The number of aryl methyl sites for hydroxylation is 2. The fourth-order valence-corrected chi connectivity index (χ4v) is 2.38. The van der Waals surface area contributed by atoms with E-state index in [0.717, 1.165) is 28.0 Å². The van der Waals surface area contributed by atoms with Crippen molar-refractivity contribution in [3.8, 4) is 0 Å². The van der Waals surface area contributed by atoms with Gasteiger partial charge < -0.3 is 5.32 Å². The van der Waals surface area contributed by atoms with Crippen LogP contribution in [-0.2, 0) is 12.4 Å². The molecule has 2 aromatic rings. The van der Waals surface area contributed by atoms with Crippen LogP contribution in [-0.4, -0.2) is 15.7 Å². The molecule has 100 valence electrons. The lowest BCUT2D eigenvalue weighted by atomic mass is 10.1. The Kier molecular flexibility index (Phi) is 4.04. The smallest absolute Gasteiger partial charge is 0.259 e. The third-order valence-corrected chi connectivity index (χ3v) is 3.72. The van der Waals surface area contributed by atoms with Crippen LogP contribution in [0.5, 0.6) is 0 Å². The number of benzene rings is 1. The van der Waals surface area contributed by atoms with Gasteiger partial charge in [0, 0.05) is 23.8 Å². The van der Waals surface area contributed by atoms with Crippen molar-refractivity contribution in [3.63, 3.8) is 0 Å². The molecule has 1 N–H and O–H groups in total. The molecule has 0 aliphatic heterocycles. The third-order valence-electron chi connectivity index (χ3n) is 3.08. The van der Waals surface area contributed by atoms with Gasteiger partial charge in [-0.2, -0.15) is 5.10 Å². The van der Waals surface area contributed by atoms with E-state index < -0.39 is 0 Å². The molecule has 1 aromatic carbocycles. The van der Waals surface area contributed by atoms with Crippen molar-refractivity contribution >= 4 is 27.5 Å². The van der Waals surface area contributed by atoms with Crippen LogP contribution in [0.4, 0.5) is 5.69 Å². The average molecular weight is 322 g/mol. The van der Waals surface area contributed by atoms with E-state index in [4.69, 9.17) is 0 Å². The van der Waals surface area contributed by atoms with Crippen LogP contribution in [0.15, 0.2) is 24.3 Å². The largest absolute Gasteiger partial charge is 0.322 e. The molecule has 0 atom stereocenters. The van der Waals surface area contributed by atoms with Gasteiger partial charge in [0.1, 0.15) is 0 Å². The highest BCUT2D eigenvalue weighted by molar-refractivity contribution is 9.08. The number of nitrogens with one attached hydrogen (secondary N) is 1. The monoisotopic (exact) mass is 321 g/mol. The summed E-state index contributed by atoms with van der Waals surface area (Å²) in [6.07, 6.45) is 0. The molecule has 0 fully saturated rings. The van der Waals surface area contributed by atoms with Crippen molar-refractivity contribution < 1.29 is 4.79 Å². The Morgan fingerprint density at radius 2 is 2.16 bits per heavy atom. The molecule has 4 nitrogen and oxygen atoms in total. The van der Waals surface area contributed by atoms with Crippen molar-refractivity contribution in [2.24, 2.45) is 7.05 Å². The fraction of sp³-hybridized carbons (Fsp3) is 0.286. The zero-order chi connectivity index (χ0) is 14.0. The average Bonchev–Trinajstić information content (AvgIpc) is 2.63. The summed E-state index contributed by atoms with van der Waals surface area (Å²) in [7, 11) is 1.84. The zero-order valence-electron chi connectivity index (χ0n) is 11.2. The molecule has 1 aromatic heterocycles. The SMILES string of the molecule is Cc1nn(C)c(C)c1C(=O)Nc1cccc(CBr)c1. The Balaban J connectivity index is 2.25. The van der Waals surface area contributed by atoms with E-state index in [2.05, 4.69) is 26.3 Å². The lowest BCUT2D eigenvalue weighted by Crippen LogP contribution is -2.14. The molecule has 0 spiro atoms. The maximum atomic E-state index is 12.3. The highest BCUT2D eigenvalue weighted by Crippen LogP contribution is 2.17. The van der Waals surface area contributed by atoms with E-state index >= 15 is 0 Å². The number of hydrogen-bond acceptors (Lipinski definition) is 2. The molecular formula is C14H16BrN3O. The van der Waals surface area contributed by atoms with Crippen LogP contribution in [0.1, 0.15) is 27.3 Å². The maximum Gasteiger partial charge on any atom is 0.259 e. The second-order valence-corrected chi connectivity index (χ2v) is 5.02. The van der Waals surface area contributed by atoms with Crippen LogP contribution in [0, 0.1) is 13.8 Å².